The van der Waals surface area contributed by atoms with Crippen LogP contribution >= 0.6 is 0 Å². The van der Waals surface area contributed by atoms with Gasteiger partial charge in [-0.05, 0) is 37.0 Å². The van der Waals surface area contributed by atoms with Gasteiger partial charge in [-0.1, -0.05) is 12.1 Å². The second-order valence-corrected chi connectivity index (χ2v) is 5.99. The van der Waals surface area contributed by atoms with Gasteiger partial charge in [0.1, 0.15) is 11.6 Å². The summed E-state index contributed by atoms with van der Waals surface area (Å²) in [5.41, 5.74) is 1.40. The van der Waals surface area contributed by atoms with Crippen LogP contribution in [-0.4, -0.2) is 31.1 Å². The highest BCUT2D eigenvalue weighted by Crippen LogP contribution is 2.26. The van der Waals surface area contributed by atoms with Gasteiger partial charge < -0.3 is 10.1 Å². The highest BCUT2D eigenvalue weighted by atomic mass is 19.1. The van der Waals surface area contributed by atoms with Crippen LogP contribution in [0.2, 0.25) is 0 Å². The van der Waals surface area contributed by atoms with Crippen molar-refractivity contribution < 1.29 is 13.9 Å². The Morgan fingerprint density at radius 1 is 1.35 bits per heavy atom. The van der Waals surface area contributed by atoms with Crippen molar-refractivity contribution >= 4 is 5.78 Å². The SMILES string of the molecule is Cc1ccc(CC(=O)C2CC3COCC(C2)N3)cc1F. The summed E-state index contributed by atoms with van der Waals surface area (Å²) in [6.07, 6.45) is 2.01. The fourth-order valence-electron chi connectivity index (χ4n) is 3.19. The summed E-state index contributed by atoms with van der Waals surface area (Å²) in [5, 5.41) is 3.48. The van der Waals surface area contributed by atoms with E-state index in [1.54, 1.807) is 13.0 Å². The Kier molecular flexibility index (Phi) is 3.85. The number of carbonyl (C=O) groups is 1. The van der Waals surface area contributed by atoms with E-state index in [4.69, 9.17) is 4.74 Å². The summed E-state index contributed by atoms with van der Waals surface area (Å²) < 4.78 is 19.0. The molecule has 1 aromatic rings. The summed E-state index contributed by atoms with van der Waals surface area (Å²) in [6, 6.07) is 5.67. The molecule has 2 fully saturated rings. The van der Waals surface area contributed by atoms with Gasteiger partial charge in [0, 0.05) is 24.4 Å². The second kappa shape index (κ2) is 5.62. The zero-order chi connectivity index (χ0) is 14.1. The number of benzene rings is 1. The third-order valence-corrected chi connectivity index (χ3v) is 4.32. The average Bonchev–Trinajstić information content (AvgIpc) is 2.42. The Hall–Kier alpha value is -1.26. The van der Waals surface area contributed by atoms with Crippen LogP contribution in [0.15, 0.2) is 18.2 Å². The number of aryl methyl sites for hydroxylation is 1. The highest BCUT2D eigenvalue weighted by molar-refractivity contribution is 5.83. The molecular formula is C16H20FNO2. The number of hydrogen-bond acceptors (Lipinski definition) is 3. The Morgan fingerprint density at radius 2 is 2.05 bits per heavy atom. The Balaban J connectivity index is 1.65. The molecule has 0 saturated carbocycles. The number of halogens is 1. The first-order valence-corrected chi connectivity index (χ1v) is 7.23. The van der Waals surface area contributed by atoms with Crippen LogP contribution in [0.4, 0.5) is 4.39 Å². The Labute approximate surface area is 118 Å². The van der Waals surface area contributed by atoms with Gasteiger partial charge in [0.2, 0.25) is 0 Å². The van der Waals surface area contributed by atoms with Gasteiger partial charge in [-0.3, -0.25) is 4.79 Å². The molecule has 108 valence electrons. The quantitative estimate of drug-likeness (QED) is 0.918. The fourth-order valence-corrected chi connectivity index (χ4v) is 3.19. The largest absolute Gasteiger partial charge is 0.378 e. The standard InChI is InChI=1S/C16H20FNO2/c1-10-2-3-11(4-15(10)17)5-16(19)12-6-13-8-20-9-14(7-12)18-13/h2-4,12-14,18H,5-9H2,1H3. The summed E-state index contributed by atoms with van der Waals surface area (Å²) in [4.78, 5) is 12.4. The van der Waals surface area contributed by atoms with Crippen LogP contribution < -0.4 is 5.32 Å². The van der Waals surface area contributed by atoms with Crippen molar-refractivity contribution in [3.63, 3.8) is 0 Å². The molecular weight excluding hydrogens is 257 g/mol. The average molecular weight is 277 g/mol. The molecule has 2 atom stereocenters. The lowest BCUT2D eigenvalue weighted by Gasteiger charge is -2.39. The number of ether oxygens (including phenoxy) is 1. The van der Waals surface area contributed by atoms with Crippen molar-refractivity contribution in [2.75, 3.05) is 13.2 Å². The lowest BCUT2D eigenvalue weighted by Crippen LogP contribution is -2.55. The minimum atomic E-state index is -0.231. The Bertz CT molecular complexity index is 505. The molecule has 0 radical (unpaired) electrons. The molecule has 1 aromatic carbocycles. The van der Waals surface area contributed by atoms with E-state index in [1.165, 1.54) is 6.07 Å². The summed E-state index contributed by atoms with van der Waals surface area (Å²) in [7, 11) is 0. The second-order valence-electron chi connectivity index (χ2n) is 5.99. The van der Waals surface area contributed by atoms with E-state index in [2.05, 4.69) is 5.32 Å². The maximum Gasteiger partial charge on any atom is 0.140 e. The molecule has 2 heterocycles. The van der Waals surface area contributed by atoms with Gasteiger partial charge in [-0.2, -0.15) is 0 Å². The predicted octanol–water partition coefficient (Wildman–Crippen LogP) is 2.01. The fraction of sp³-hybridized carbons (Fsp3) is 0.562. The molecule has 2 aliphatic rings. The maximum absolute atomic E-state index is 13.5. The van der Waals surface area contributed by atoms with Crippen molar-refractivity contribution in [3.05, 3.63) is 35.1 Å². The lowest BCUT2D eigenvalue weighted by atomic mass is 9.82. The Morgan fingerprint density at radius 3 is 2.70 bits per heavy atom. The third-order valence-electron chi connectivity index (χ3n) is 4.32. The zero-order valence-corrected chi connectivity index (χ0v) is 11.7. The number of piperidine rings is 1. The zero-order valence-electron chi connectivity index (χ0n) is 11.7. The van der Waals surface area contributed by atoms with Crippen molar-refractivity contribution in [2.45, 2.75) is 38.3 Å². The molecule has 4 heteroatoms. The molecule has 2 saturated heterocycles. The van der Waals surface area contributed by atoms with Gasteiger partial charge >= 0.3 is 0 Å². The predicted molar refractivity (Wildman–Crippen MR) is 74.1 cm³/mol. The van der Waals surface area contributed by atoms with Gasteiger partial charge in [0.25, 0.3) is 0 Å². The first-order chi connectivity index (χ1) is 9.61. The maximum atomic E-state index is 13.5. The smallest absolute Gasteiger partial charge is 0.140 e. The summed E-state index contributed by atoms with van der Waals surface area (Å²) >= 11 is 0. The lowest BCUT2D eigenvalue weighted by molar-refractivity contribution is -0.125. The van der Waals surface area contributed by atoms with Crippen molar-refractivity contribution in [2.24, 2.45) is 5.92 Å². The van der Waals surface area contributed by atoms with Crippen LogP contribution in [0.3, 0.4) is 0 Å². The first-order valence-electron chi connectivity index (χ1n) is 7.23. The number of fused-ring (bicyclic) bond motifs is 2. The number of rotatable bonds is 3. The highest BCUT2D eigenvalue weighted by Gasteiger charge is 2.34. The number of Topliss-reactive ketones (excluding diaryl/α,β-unsaturated/α-hetero) is 1. The monoisotopic (exact) mass is 277 g/mol. The molecule has 2 unspecified atom stereocenters. The van der Waals surface area contributed by atoms with E-state index in [1.807, 2.05) is 6.07 Å². The van der Waals surface area contributed by atoms with Crippen molar-refractivity contribution in [1.82, 2.24) is 5.32 Å². The molecule has 20 heavy (non-hydrogen) atoms. The molecule has 1 N–H and O–H groups in total. The molecule has 2 bridgehead atoms. The number of ketones is 1. The van der Waals surface area contributed by atoms with E-state index >= 15 is 0 Å². The third kappa shape index (κ3) is 2.91. The van der Waals surface area contributed by atoms with Gasteiger partial charge in [-0.25, -0.2) is 4.39 Å². The molecule has 0 aromatic heterocycles. The van der Waals surface area contributed by atoms with Crippen LogP contribution in [0.5, 0.6) is 0 Å². The number of morpholine rings is 1. The van der Waals surface area contributed by atoms with E-state index in [0.29, 0.717) is 37.3 Å². The normalized spacial score (nSPS) is 29.2. The van der Waals surface area contributed by atoms with Crippen molar-refractivity contribution in [3.8, 4) is 0 Å². The number of nitrogens with one attached hydrogen (secondary N) is 1. The molecule has 2 aliphatic heterocycles. The molecule has 3 rings (SSSR count). The van der Waals surface area contributed by atoms with Crippen LogP contribution in [0.1, 0.15) is 24.0 Å². The topological polar surface area (TPSA) is 38.3 Å². The van der Waals surface area contributed by atoms with Crippen LogP contribution in [0, 0.1) is 18.7 Å². The van der Waals surface area contributed by atoms with E-state index < -0.39 is 0 Å². The molecule has 3 nitrogen and oxygen atoms in total. The summed E-state index contributed by atoms with van der Waals surface area (Å²) in [6.45, 7) is 3.12. The number of hydrogen-bond donors (Lipinski definition) is 1. The van der Waals surface area contributed by atoms with E-state index in [-0.39, 0.29) is 17.5 Å². The van der Waals surface area contributed by atoms with E-state index in [9.17, 15) is 9.18 Å². The van der Waals surface area contributed by atoms with Crippen molar-refractivity contribution in [1.29, 1.82) is 0 Å². The first kappa shape index (κ1) is 13.7. The molecule has 0 amide bonds. The van der Waals surface area contributed by atoms with Gasteiger partial charge in [0.15, 0.2) is 0 Å². The van der Waals surface area contributed by atoms with Gasteiger partial charge in [-0.15, -0.1) is 0 Å². The van der Waals surface area contributed by atoms with Gasteiger partial charge in [0.05, 0.1) is 13.2 Å². The van der Waals surface area contributed by atoms with E-state index in [0.717, 1.165) is 18.4 Å². The molecule has 0 spiro atoms. The van der Waals surface area contributed by atoms with Crippen LogP contribution in [-0.2, 0) is 16.0 Å². The minimum Gasteiger partial charge on any atom is -0.378 e. The molecule has 0 aliphatic carbocycles. The van der Waals surface area contributed by atoms with Crippen LogP contribution in [0.25, 0.3) is 0 Å². The number of carbonyl (C=O) groups excluding carboxylic acids is 1. The minimum absolute atomic E-state index is 0.0829. The summed E-state index contributed by atoms with van der Waals surface area (Å²) in [5.74, 6) is 0.0806.